The molecule has 0 amide bonds. The SMILES string of the molecule is CCCNC(COC(C)C)C12CC3CC(CC(C3)C1)C2. The van der Waals surface area contributed by atoms with Crippen molar-refractivity contribution in [2.75, 3.05) is 13.2 Å². The van der Waals surface area contributed by atoms with Gasteiger partial charge in [0.2, 0.25) is 0 Å². The summed E-state index contributed by atoms with van der Waals surface area (Å²) in [5.74, 6) is 3.10. The first kappa shape index (κ1) is 14.8. The highest BCUT2D eigenvalue weighted by Crippen LogP contribution is 2.61. The standard InChI is InChI=1S/C18H33NO/c1-4-5-19-17(12-20-13(2)3)18-9-14-6-15(10-18)8-16(7-14)11-18/h13-17,19H,4-12H2,1-3H3. The van der Waals surface area contributed by atoms with E-state index in [1.807, 2.05) is 0 Å². The molecule has 4 saturated carbocycles. The van der Waals surface area contributed by atoms with Gasteiger partial charge in [0.15, 0.2) is 0 Å². The summed E-state index contributed by atoms with van der Waals surface area (Å²) >= 11 is 0. The second-order valence-corrected chi connectivity index (χ2v) is 8.17. The third-order valence-electron chi connectivity index (χ3n) is 6.06. The van der Waals surface area contributed by atoms with Crippen LogP contribution in [0, 0.1) is 23.2 Å². The molecular formula is C18H33NO. The third kappa shape index (κ3) is 2.92. The quantitative estimate of drug-likeness (QED) is 0.760. The van der Waals surface area contributed by atoms with Crippen molar-refractivity contribution in [2.45, 2.75) is 77.9 Å². The Morgan fingerprint density at radius 1 is 1.05 bits per heavy atom. The maximum Gasteiger partial charge on any atom is 0.0628 e. The van der Waals surface area contributed by atoms with Crippen molar-refractivity contribution in [2.24, 2.45) is 23.2 Å². The summed E-state index contributed by atoms with van der Waals surface area (Å²) in [6, 6.07) is 0.596. The molecule has 1 N–H and O–H groups in total. The maximum atomic E-state index is 6.03. The van der Waals surface area contributed by atoms with Gasteiger partial charge in [0.1, 0.15) is 0 Å². The van der Waals surface area contributed by atoms with Crippen LogP contribution in [0.5, 0.6) is 0 Å². The summed E-state index contributed by atoms with van der Waals surface area (Å²) in [5.41, 5.74) is 0.568. The van der Waals surface area contributed by atoms with Gasteiger partial charge in [-0.3, -0.25) is 0 Å². The van der Waals surface area contributed by atoms with Gasteiger partial charge >= 0.3 is 0 Å². The summed E-state index contributed by atoms with van der Waals surface area (Å²) < 4.78 is 6.03. The zero-order chi connectivity index (χ0) is 14.2. The molecule has 0 aromatic carbocycles. The summed E-state index contributed by atoms with van der Waals surface area (Å²) in [7, 11) is 0. The van der Waals surface area contributed by atoms with E-state index in [2.05, 4.69) is 26.1 Å². The van der Waals surface area contributed by atoms with Crippen LogP contribution in [0.25, 0.3) is 0 Å². The molecule has 0 heterocycles. The molecule has 0 saturated heterocycles. The Balaban J connectivity index is 1.71. The number of hydrogen-bond acceptors (Lipinski definition) is 2. The Hall–Kier alpha value is -0.0800. The van der Waals surface area contributed by atoms with Crippen LogP contribution in [0.4, 0.5) is 0 Å². The van der Waals surface area contributed by atoms with Crippen LogP contribution in [-0.4, -0.2) is 25.3 Å². The zero-order valence-electron chi connectivity index (χ0n) is 13.7. The molecule has 0 aromatic heterocycles. The molecule has 4 bridgehead atoms. The van der Waals surface area contributed by atoms with E-state index in [9.17, 15) is 0 Å². The van der Waals surface area contributed by atoms with Crippen molar-refractivity contribution < 1.29 is 4.74 Å². The van der Waals surface area contributed by atoms with Crippen molar-refractivity contribution in [3.8, 4) is 0 Å². The van der Waals surface area contributed by atoms with E-state index >= 15 is 0 Å². The zero-order valence-corrected chi connectivity index (χ0v) is 13.7. The minimum Gasteiger partial charge on any atom is -0.377 e. The maximum absolute atomic E-state index is 6.03. The number of ether oxygens (including phenoxy) is 1. The highest BCUT2D eigenvalue weighted by molar-refractivity contribution is 5.06. The van der Waals surface area contributed by atoms with Gasteiger partial charge in [-0.05, 0) is 88.5 Å². The van der Waals surface area contributed by atoms with Crippen molar-refractivity contribution in [3.05, 3.63) is 0 Å². The molecule has 0 aromatic rings. The van der Waals surface area contributed by atoms with Gasteiger partial charge < -0.3 is 10.1 Å². The third-order valence-corrected chi connectivity index (χ3v) is 6.06. The molecular weight excluding hydrogens is 246 g/mol. The van der Waals surface area contributed by atoms with Crippen LogP contribution in [-0.2, 0) is 4.74 Å². The van der Waals surface area contributed by atoms with Crippen molar-refractivity contribution in [1.29, 1.82) is 0 Å². The lowest BCUT2D eigenvalue weighted by atomic mass is 9.47. The highest BCUT2D eigenvalue weighted by Gasteiger charge is 2.54. The normalized spacial score (nSPS) is 40.5. The molecule has 0 radical (unpaired) electrons. The lowest BCUT2D eigenvalue weighted by molar-refractivity contribution is -0.0930. The van der Waals surface area contributed by atoms with Crippen molar-refractivity contribution in [3.63, 3.8) is 0 Å². The lowest BCUT2D eigenvalue weighted by Gasteiger charge is -2.59. The molecule has 4 aliphatic carbocycles. The number of hydrogen-bond donors (Lipinski definition) is 1. The fourth-order valence-corrected chi connectivity index (χ4v) is 5.66. The van der Waals surface area contributed by atoms with E-state index in [4.69, 9.17) is 4.74 Å². The van der Waals surface area contributed by atoms with Gasteiger partial charge in [-0.1, -0.05) is 6.92 Å². The minimum atomic E-state index is 0.356. The van der Waals surface area contributed by atoms with E-state index in [1.165, 1.54) is 44.9 Å². The summed E-state index contributed by atoms with van der Waals surface area (Å²) in [6.07, 6.45) is 10.6. The average Bonchev–Trinajstić information content (AvgIpc) is 2.36. The van der Waals surface area contributed by atoms with E-state index in [0.29, 0.717) is 17.6 Å². The van der Waals surface area contributed by atoms with Gasteiger partial charge in [-0.15, -0.1) is 0 Å². The average molecular weight is 279 g/mol. The van der Waals surface area contributed by atoms with Gasteiger partial charge in [0, 0.05) is 6.04 Å². The predicted octanol–water partition coefficient (Wildman–Crippen LogP) is 4.00. The fraction of sp³-hybridized carbons (Fsp3) is 1.00. The van der Waals surface area contributed by atoms with E-state index in [-0.39, 0.29) is 0 Å². The van der Waals surface area contributed by atoms with E-state index in [1.54, 1.807) is 0 Å². The first-order valence-corrected chi connectivity index (χ1v) is 8.96. The van der Waals surface area contributed by atoms with Crippen molar-refractivity contribution >= 4 is 0 Å². The molecule has 0 spiro atoms. The van der Waals surface area contributed by atoms with Crippen LogP contribution in [0.2, 0.25) is 0 Å². The molecule has 0 aliphatic heterocycles. The monoisotopic (exact) mass is 279 g/mol. The highest BCUT2D eigenvalue weighted by atomic mass is 16.5. The minimum absolute atomic E-state index is 0.356. The molecule has 2 heteroatoms. The van der Waals surface area contributed by atoms with Gasteiger partial charge in [0.05, 0.1) is 12.7 Å². The van der Waals surface area contributed by atoms with Crippen molar-refractivity contribution in [1.82, 2.24) is 5.32 Å². The smallest absolute Gasteiger partial charge is 0.0628 e. The Bertz CT molecular complexity index is 290. The largest absolute Gasteiger partial charge is 0.377 e. The molecule has 2 nitrogen and oxygen atoms in total. The number of nitrogens with one attached hydrogen (secondary N) is 1. The summed E-state index contributed by atoms with van der Waals surface area (Å²) in [5, 5.41) is 3.86. The summed E-state index contributed by atoms with van der Waals surface area (Å²) in [6.45, 7) is 8.66. The second kappa shape index (κ2) is 5.96. The van der Waals surface area contributed by atoms with Crippen LogP contribution in [0.15, 0.2) is 0 Å². The Morgan fingerprint density at radius 2 is 1.60 bits per heavy atom. The molecule has 1 unspecified atom stereocenters. The lowest BCUT2D eigenvalue weighted by Crippen LogP contribution is -2.57. The summed E-state index contributed by atoms with van der Waals surface area (Å²) in [4.78, 5) is 0. The van der Waals surface area contributed by atoms with E-state index in [0.717, 1.165) is 30.9 Å². The molecule has 116 valence electrons. The first-order valence-electron chi connectivity index (χ1n) is 8.96. The molecule has 1 atom stereocenters. The Morgan fingerprint density at radius 3 is 2.05 bits per heavy atom. The number of rotatable bonds is 7. The van der Waals surface area contributed by atoms with Crippen LogP contribution < -0.4 is 5.32 Å². The van der Waals surface area contributed by atoms with E-state index < -0.39 is 0 Å². The first-order chi connectivity index (χ1) is 9.61. The second-order valence-electron chi connectivity index (χ2n) is 8.17. The van der Waals surface area contributed by atoms with Crippen LogP contribution >= 0.6 is 0 Å². The van der Waals surface area contributed by atoms with Gasteiger partial charge in [-0.25, -0.2) is 0 Å². The van der Waals surface area contributed by atoms with Crippen LogP contribution in [0.3, 0.4) is 0 Å². The molecule has 20 heavy (non-hydrogen) atoms. The Labute approximate surface area is 125 Å². The molecule has 4 aliphatic rings. The molecule has 4 rings (SSSR count). The van der Waals surface area contributed by atoms with Crippen LogP contribution in [0.1, 0.15) is 65.7 Å². The fourth-order valence-electron chi connectivity index (χ4n) is 5.66. The van der Waals surface area contributed by atoms with Gasteiger partial charge in [0.25, 0.3) is 0 Å². The Kier molecular flexibility index (Phi) is 4.42. The molecule has 4 fully saturated rings. The topological polar surface area (TPSA) is 21.3 Å². The van der Waals surface area contributed by atoms with Gasteiger partial charge in [-0.2, -0.15) is 0 Å². The predicted molar refractivity (Wildman–Crippen MR) is 83.8 cm³/mol.